The zero-order valence-corrected chi connectivity index (χ0v) is 29.2. The maximum absolute atomic E-state index is 12.2. The molecule has 0 radical (unpaired) electrons. The molecule has 0 aromatic heterocycles. The van der Waals surface area contributed by atoms with Crippen molar-refractivity contribution in [1.82, 2.24) is 5.32 Å². The Kier molecular flexibility index (Phi) is 13.7. The summed E-state index contributed by atoms with van der Waals surface area (Å²) in [5.41, 5.74) is 17.4. The number of Topliss-reactive ketones (excluding diaryl/α,β-unsaturated/α-hetero) is 1. The fourth-order valence-electron chi connectivity index (χ4n) is 2.93. The van der Waals surface area contributed by atoms with Crippen LogP contribution >= 0.6 is 63.7 Å². The number of rotatable bonds is 5. The Balaban J connectivity index is 0.000000665. The van der Waals surface area contributed by atoms with E-state index in [0.29, 0.717) is 32.8 Å². The van der Waals surface area contributed by atoms with Gasteiger partial charge in [0.15, 0.2) is 5.78 Å². The molecule has 2 aromatic carbocycles. The maximum atomic E-state index is 12.2. The second-order valence-electron chi connectivity index (χ2n) is 9.02. The fraction of sp³-hybridized carbons (Fsp3) is 0.304. The molecule has 0 spiro atoms. The Bertz CT molecular complexity index is 1250. The van der Waals surface area contributed by atoms with Gasteiger partial charge in [-0.1, -0.05) is 45.7 Å². The molecule has 37 heavy (non-hydrogen) atoms. The average molecular weight is 779 g/mol. The molecule has 0 aliphatic carbocycles. The number of nitrogens with zero attached hydrogens (tertiary/aromatic N) is 1. The minimum Gasteiger partial charge on any atom is -0.870 e. The van der Waals surface area contributed by atoms with E-state index in [-0.39, 0.29) is 53.1 Å². The van der Waals surface area contributed by atoms with Crippen molar-refractivity contribution in [2.24, 2.45) is 16.1 Å². The van der Waals surface area contributed by atoms with Crippen LogP contribution in [0, 0.1) is 5.41 Å². The second-order valence-corrected chi connectivity index (χ2v) is 12.6. The largest absolute Gasteiger partial charge is 1.00 e. The maximum Gasteiger partial charge on any atom is 1.00 e. The van der Waals surface area contributed by atoms with Crippen LogP contribution in [-0.2, 0) is 9.59 Å². The van der Waals surface area contributed by atoms with Crippen molar-refractivity contribution in [3.8, 4) is 0 Å². The van der Waals surface area contributed by atoms with Gasteiger partial charge in [0.2, 0.25) is 5.91 Å². The van der Waals surface area contributed by atoms with E-state index >= 15 is 0 Å². The van der Waals surface area contributed by atoms with Gasteiger partial charge in [-0.2, -0.15) is 0 Å². The number of anilines is 2. The van der Waals surface area contributed by atoms with Crippen molar-refractivity contribution in [1.29, 1.82) is 0 Å². The topological polar surface area (TPSA) is 184 Å². The van der Waals surface area contributed by atoms with E-state index in [4.69, 9.17) is 17.2 Å². The number of carbonyl (C=O) groups is 3. The molecule has 3 rings (SSSR count). The molecule has 1 aliphatic heterocycles. The van der Waals surface area contributed by atoms with Gasteiger partial charge in [-0.25, -0.2) is 0 Å². The summed E-state index contributed by atoms with van der Waals surface area (Å²) in [5.74, 6) is -0.329. The van der Waals surface area contributed by atoms with E-state index in [1.54, 1.807) is 39.8 Å². The number of carbonyl (C=O) groups excluding carboxylic acids is 3. The second kappa shape index (κ2) is 14.0. The molecule has 0 atom stereocenters. The standard InChI is InChI=1S/C12H14Br2N2O2.C11H11Br2N3O.Na.H2O/c1-12(2,11(16)18)5-9(17)7-3-6(13)4-8(14)10(7)15;1-11(2)10(17)15-9(16-11)6-3-5(12)4-7(13)8(6)14;;/h3-4H,5,15H2,1-2H3,(H2,16,18);3-4H,14H2,1-2H3,(H,15,16,17);;1H2/q;;+1;/p-1. The van der Waals surface area contributed by atoms with Gasteiger partial charge in [-0.3, -0.25) is 19.4 Å². The third kappa shape index (κ3) is 9.13. The van der Waals surface area contributed by atoms with Crippen molar-refractivity contribution < 1.29 is 49.4 Å². The van der Waals surface area contributed by atoms with Crippen molar-refractivity contribution in [2.45, 2.75) is 39.7 Å². The number of benzene rings is 2. The zero-order chi connectivity index (χ0) is 26.9. The number of hydrogen-bond donors (Lipinski definition) is 4. The Morgan fingerprint density at radius 2 is 1.46 bits per heavy atom. The van der Waals surface area contributed by atoms with Gasteiger partial charge in [0.1, 0.15) is 11.4 Å². The van der Waals surface area contributed by atoms with Gasteiger partial charge in [0.05, 0.1) is 16.8 Å². The average Bonchev–Trinajstić information content (AvgIpc) is 2.99. The molecule has 0 bridgehead atoms. The van der Waals surface area contributed by atoms with E-state index in [0.717, 1.165) is 13.4 Å². The van der Waals surface area contributed by atoms with Crippen LogP contribution in [0.25, 0.3) is 0 Å². The minimum absolute atomic E-state index is 0. The Morgan fingerprint density at radius 1 is 0.973 bits per heavy atom. The number of nitrogens with one attached hydrogen (secondary N) is 1. The normalized spacial score (nSPS) is 13.7. The first-order valence-electron chi connectivity index (χ1n) is 10.2. The number of nitrogen functional groups attached to an aromatic ring is 2. The van der Waals surface area contributed by atoms with Crippen molar-refractivity contribution in [3.05, 3.63) is 53.3 Å². The molecule has 1 heterocycles. The van der Waals surface area contributed by atoms with Crippen LogP contribution in [0.1, 0.15) is 50.0 Å². The van der Waals surface area contributed by atoms with Crippen LogP contribution < -0.4 is 52.1 Å². The number of hydrogen-bond acceptors (Lipinski definition) is 7. The molecule has 0 saturated heterocycles. The van der Waals surface area contributed by atoms with Crippen molar-refractivity contribution >= 4 is 98.5 Å². The molecule has 196 valence electrons. The SMILES string of the molecule is CC(C)(CC(=O)c1cc(Br)cc(Br)c1N)C(N)=O.CC1(C)N=C(c2cc(Br)cc(Br)c2N)NC1=O.[Na+].[OH-]. The number of ketones is 1. The molecule has 8 N–H and O–H groups in total. The van der Waals surface area contributed by atoms with E-state index < -0.39 is 16.9 Å². The predicted molar refractivity (Wildman–Crippen MR) is 155 cm³/mol. The van der Waals surface area contributed by atoms with Gasteiger partial charge in [-0.05, 0) is 70.0 Å². The van der Waals surface area contributed by atoms with Crippen LogP contribution in [-0.4, -0.2) is 34.4 Å². The number of aliphatic imine (C=N–C) groups is 1. The third-order valence-electron chi connectivity index (χ3n) is 5.19. The molecule has 0 saturated carbocycles. The first-order valence-corrected chi connectivity index (χ1v) is 13.4. The smallest absolute Gasteiger partial charge is 0.870 e. The summed E-state index contributed by atoms with van der Waals surface area (Å²) in [6.45, 7) is 6.80. The third-order valence-corrected chi connectivity index (χ3v) is 7.42. The molecular formula is C23H26Br4N5NaO4. The van der Waals surface area contributed by atoms with Gasteiger partial charge in [0, 0.05) is 35.4 Å². The molecule has 2 aromatic rings. The molecule has 2 amide bonds. The Morgan fingerprint density at radius 3 is 1.92 bits per heavy atom. The number of amidine groups is 1. The van der Waals surface area contributed by atoms with Crippen LogP contribution in [0.2, 0.25) is 0 Å². The zero-order valence-electron chi connectivity index (χ0n) is 20.9. The Hall–Kier alpha value is -0.800. The summed E-state index contributed by atoms with van der Waals surface area (Å²) >= 11 is 13.3. The first-order chi connectivity index (χ1) is 16.0. The predicted octanol–water partition coefficient (Wildman–Crippen LogP) is 2.15. The molecule has 1 aliphatic rings. The summed E-state index contributed by atoms with van der Waals surface area (Å²) in [7, 11) is 0. The summed E-state index contributed by atoms with van der Waals surface area (Å²) in [6.07, 6.45) is 0.0232. The first kappa shape index (κ1) is 36.2. The summed E-state index contributed by atoms with van der Waals surface area (Å²) in [5, 5.41) is 2.75. The fourth-order valence-corrected chi connectivity index (χ4v) is 5.38. The molecule has 14 heteroatoms. The quantitative estimate of drug-likeness (QED) is 0.205. The number of nitrogens with two attached hydrogens (primary N) is 3. The number of primary amides is 1. The van der Waals surface area contributed by atoms with E-state index in [1.165, 1.54) is 0 Å². The molecule has 0 unspecified atom stereocenters. The molecule has 0 fully saturated rings. The monoisotopic (exact) mass is 775 g/mol. The van der Waals surface area contributed by atoms with Gasteiger partial charge < -0.3 is 28.0 Å². The van der Waals surface area contributed by atoms with Crippen molar-refractivity contribution in [2.75, 3.05) is 11.5 Å². The van der Waals surface area contributed by atoms with Crippen LogP contribution in [0.3, 0.4) is 0 Å². The molecule has 9 nitrogen and oxygen atoms in total. The van der Waals surface area contributed by atoms with Gasteiger partial charge >= 0.3 is 29.6 Å². The van der Waals surface area contributed by atoms with Crippen molar-refractivity contribution in [3.63, 3.8) is 0 Å². The number of halogens is 4. The van der Waals surface area contributed by atoms with Crippen LogP contribution in [0.4, 0.5) is 11.4 Å². The van der Waals surface area contributed by atoms with E-state index in [2.05, 4.69) is 74.0 Å². The van der Waals surface area contributed by atoms with E-state index in [1.807, 2.05) is 12.1 Å². The summed E-state index contributed by atoms with van der Waals surface area (Å²) in [6, 6.07) is 7.08. The summed E-state index contributed by atoms with van der Waals surface area (Å²) < 4.78 is 3.01. The van der Waals surface area contributed by atoms with Gasteiger partial charge in [0.25, 0.3) is 5.91 Å². The van der Waals surface area contributed by atoms with E-state index in [9.17, 15) is 14.4 Å². The van der Waals surface area contributed by atoms with Crippen LogP contribution in [0.5, 0.6) is 0 Å². The van der Waals surface area contributed by atoms with Crippen LogP contribution in [0.15, 0.2) is 47.1 Å². The van der Waals surface area contributed by atoms with Gasteiger partial charge in [-0.15, -0.1) is 0 Å². The summed E-state index contributed by atoms with van der Waals surface area (Å²) in [4.78, 5) is 39.4. The number of amides is 2. The Labute approximate surface area is 271 Å². The molecular weight excluding hydrogens is 753 g/mol. The minimum atomic E-state index is -0.891.